The normalized spacial score (nSPS) is 27.2. The second kappa shape index (κ2) is 7.30. The minimum Gasteiger partial charge on any atom is -0.385 e. The van der Waals surface area contributed by atoms with Crippen molar-refractivity contribution in [1.29, 1.82) is 0 Å². The van der Waals surface area contributed by atoms with E-state index in [4.69, 9.17) is 10.5 Å². The predicted molar refractivity (Wildman–Crippen MR) is 87.6 cm³/mol. The zero-order valence-corrected chi connectivity index (χ0v) is 14.5. The lowest BCUT2D eigenvalue weighted by Gasteiger charge is -2.45. The highest BCUT2D eigenvalue weighted by atomic mass is 35.5. The van der Waals surface area contributed by atoms with Gasteiger partial charge in [-0.1, -0.05) is 26.7 Å². The number of carbonyl (C=O) groups is 1. The van der Waals surface area contributed by atoms with Crippen LogP contribution in [0.5, 0.6) is 0 Å². The van der Waals surface area contributed by atoms with Gasteiger partial charge in [-0.3, -0.25) is 4.79 Å². The molecule has 1 saturated heterocycles. The Kier molecular flexibility index (Phi) is 6.51. The van der Waals surface area contributed by atoms with Crippen molar-refractivity contribution in [3.05, 3.63) is 0 Å². The average molecular weight is 319 g/mol. The molecule has 5 heteroatoms. The van der Waals surface area contributed by atoms with Gasteiger partial charge >= 0.3 is 0 Å². The van der Waals surface area contributed by atoms with Crippen LogP contribution in [-0.4, -0.2) is 43.7 Å². The summed E-state index contributed by atoms with van der Waals surface area (Å²) in [5.41, 5.74) is 6.05. The molecule has 124 valence electrons. The van der Waals surface area contributed by atoms with Crippen molar-refractivity contribution in [2.45, 2.75) is 58.4 Å². The molecule has 1 aliphatic carbocycles. The monoisotopic (exact) mass is 318 g/mol. The molecule has 4 nitrogen and oxygen atoms in total. The van der Waals surface area contributed by atoms with Gasteiger partial charge in [0.15, 0.2) is 0 Å². The van der Waals surface area contributed by atoms with E-state index < -0.39 is 0 Å². The fraction of sp³-hybridized carbons (Fsp3) is 0.938. The molecule has 1 aliphatic heterocycles. The molecule has 2 fully saturated rings. The van der Waals surface area contributed by atoms with Gasteiger partial charge in [0.05, 0.1) is 5.41 Å². The highest BCUT2D eigenvalue weighted by Gasteiger charge is 2.45. The number of piperidine rings is 1. The largest absolute Gasteiger partial charge is 0.385 e. The second-order valence-electron chi connectivity index (χ2n) is 7.34. The lowest BCUT2D eigenvalue weighted by atomic mass is 9.76. The maximum absolute atomic E-state index is 13.1. The van der Waals surface area contributed by atoms with Crippen molar-refractivity contribution in [2.24, 2.45) is 16.6 Å². The Labute approximate surface area is 135 Å². The lowest BCUT2D eigenvalue weighted by molar-refractivity contribution is -0.146. The molecule has 2 aliphatic rings. The van der Waals surface area contributed by atoms with E-state index in [1.807, 2.05) is 0 Å². The molecule has 0 radical (unpaired) electrons. The van der Waals surface area contributed by atoms with Gasteiger partial charge in [0, 0.05) is 32.8 Å². The topological polar surface area (TPSA) is 55.6 Å². The Hall–Kier alpha value is -0.320. The highest BCUT2D eigenvalue weighted by molar-refractivity contribution is 5.85. The number of nitrogens with two attached hydrogens (primary N) is 1. The van der Waals surface area contributed by atoms with E-state index in [1.54, 1.807) is 7.11 Å². The van der Waals surface area contributed by atoms with Gasteiger partial charge in [0.2, 0.25) is 5.91 Å². The fourth-order valence-corrected chi connectivity index (χ4v) is 3.80. The third-order valence-corrected chi connectivity index (χ3v) is 5.40. The first-order valence-electron chi connectivity index (χ1n) is 7.95. The number of nitrogens with zero attached hydrogens (tertiary/aromatic N) is 1. The molecule has 0 aromatic heterocycles. The molecule has 2 rings (SSSR count). The third kappa shape index (κ3) is 3.91. The van der Waals surface area contributed by atoms with Gasteiger partial charge in [-0.15, -0.1) is 12.4 Å². The third-order valence-electron chi connectivity index (χ3n) is 5.40. The van der Waals surface area contributed by atoms with Crippen LogP contribution in [-0.2, 0) is 9.53 Å². The SMILES string of the molecule is COCCC1(C(=O)N2CCC(N)C(C)(C)C2)CCCC1.Cl. The average Bonchev–Trinajstić information content (AvgIpc) is 2.88. The Morgan fingerprint density at radius 3 is 2.48 bits per heavy atom. The number of rotatable bonds is 4. The van der Waals surface area contributed by atoms with Crippen LogP contribution in [0.2, 0.25) is 0 Å². The number of amides is 1. The first-order valence-corrected chi connectivity index (χ1v) is 7.95. The van der Waals surface area contributed by atoms with Crippen LogP contribution in [0, 0.1) is 10.8 Å². The summed E-state index contributed by atoms with van der Waals surface area (Å²) in [6.45, 7) is 6.64. The maximum Gasteiger partial charge on any atom is 0.228 e. The van der Waals surface area contributed by atoms with Gasteiger partial charge < -0.3 is 15.4 Å². The summed E-state index contributed by atoms with van der Waals surface area (Å²) in [5, 5.41) is 0. The molecule has 1 unspecified atom stereocenters. The van der Waals surface area contributed by atoms with Crippen LogP contribution in [0.4, 0.5) is 0 Å². The fourth-order valence-electron chi connectivity index (χ4n) is 3.80. The Morgan fingerprint density at radius 2 is 1.95 bits per heavy atom. The van der Waals surface area contributed by atoms with Crippen molar-refractivity contribution >= 4 is 18.3 Å². The zero-order chi connectivity index (χ0) is 14.8. The number of likely N-dealkylation sites (tertiary alicyclic amines) is 1. The van der Waals surface area contributed by atoms with Crippen molar-refractivity contribution < 1.29 is 9.53 Å². The molecule has 0 spiro atoms. The molecule has 0 aromatic rings. The molecule has 1 amide bonds. The Morgan fingerprint density at radius 1 is 1.33 bits per heavy atom. The summed E-state index contributed by atoms with van der Waals surface area (Å²) in [7, 11) is 1.72. The zero-order valence-electron chi connectivity index (χ0n) is 13.7. The number of ether oxygens (including phenoxy) is 1. The van der Waals surface area contributed by atoms with E-state index in [0.717, 1.165) is 38.8 Å². The molecule has 0 aromatic carbocycles. The van der Waals surface area contributed by atoms with Gasteiger partial charge in [0.25, 0.3) is 0 Å². The first-order chi connectivity index (χ1) is 9.41. The molecular formula is C16H31ClN2O2. The molecule has 21 heavy (non-hydrogen) atoms. The number of hydrogen-bond donors (Lipinski definition) is 1. The van der Waals surface area contributed by atoms with Crippen LogP contribution >= 0.6 is 12.4 Å². The standard InChI is InChI=1S/C16H30N2O2.ClH/c1-15(2)12-18(10-6-13(15)17)14(19)16(9-11-20-3)7-4-5-8-16;/h13H,4-12,17H2,1-3H3;1H. The molecule has 1 atom stereocenters. The van der Waals surface area contributed by atoms with Crippen LogP contribution in [0.3, 0.4) is 0 Å². The molecule has 2 N–H and O–H groups in total. The molecule has 1 heterocycles. The van der Waals surface area contributed by atoms with Gasteiger partial charge in [-0.05, 0) is 31.1 Å². The highest BCUT2D eigenvalue weighted by Crippen LogP contribution is 2.44. The van der Waals surface area contributed by atoms with Crippen molar-refractivity contribution in [2.75, 3.05) is 26.8 Å². The summed E-state index contributed by atoms with van der Waals surface area (Å²) in [5.74, 6) is 0.354. The number of carbonyl (C=O) groups excluding carboxylic acids is 1. The van der Waals surface area contributed by atoms with E-state index in [-0.39, 0.29) is 29.3 Å². The van der Waals surface area contributed by atoms with Crippen molar-refractivity contribution in [1.82, 2.24) is 4.90 Å². The van der Waals surface area contributed by atoms with Crippen molar-refractivity contribution in [3.8, 4) is 0 Å². The summed E-state index contributed by atoms with van der Waals surface area (Å²) >= 11 is 0. The molecule has 0 bridgehead atoms. The summed E-state index contributed by atoms with van der Waals surface area (Å²) < 4.78 is 5.23. The van der Waals surface area contributed by atoms with E-state index in [0.29, 0.717) is 12.5 Å². The predicted octanol–water partition coefficient (Wildman–Crippen LogP) is 2.59. The quantitative estimate of drug-likeness (QED) is 0.867. The van der Waals surface area contributed by atoms with E-state index in [1.165, 1.54) is 12.8 Å². The lowest BCUT2D eigenvalue weighted by Crippen LogP contribution is -2.56. The summed E-state index contributed by atoms with van der Waals surface area (Å²) in [4.78, 5) is 15.1. The van der Waals surface area contributed by atoms with Crippen molar-refractivity contribution in [3.63, 3.8) is 0 Å². The first kappa shape index (κ1) is 18.7. The van der Waals surface area contributed by atoms with Crippen LogP contribution in [0.15, 0.2) is 0 Å². The smallest absolute Gasteiger partial charge is 0.228 e. The molecular weight excluding hydrogens is 288 g/mol. The van der Waals surface area contributed by atoms with E-state index in [2.05, 4.69) is 18.7 Å². The van der Waals surface area contributed by atoms with Crippen LogP contribution in [0.1, 0.15) is 52.4 Å². The van der Waals surface area contributed by atoms with Gasteiger partial charge in [-0.25, -0.2) is 0 Å². The van der Waals surface area contributed by atoms with Crippen LogP contribution in [0.25, 0.3) is 0 Å². The number of halogens is 1. The van der Waals surface area contributed by atoms with Gasteiger partial charge in [-0.2, -0.15) is 0 Å². The van der Waals surface area contributed by atoms with Gasteiger partial charge in [0.1, 0.15) is 0 Å². The Bertz CT molecular complexity index is 354. The second-order valence-corrected chi connectivity index (χ2v) is 7.34. The number of hydrogen-bond acceptors (Lipinski definition) is 3. The van der Waals surface area contributed by atoms with E-state index >= 15 is 0 Å². The maximum atomic E-state index is 13.1. The van der Waals surface area contributed by atoms with E-state index in [9.17, 15) is 4.79 Å². The minimum absolute atomic E-state index is 0. The Balaban J connectivity index is 0.00000220. The summed E-state index contributed by atoms with van der Waals surface area (Å²) in [6.07, 6.45) is 6.18. The summed E-state index contributed by atoms with van der Waals surface area (Å²) in [6, 6.07) is 0.199. The minimum atomic E-state index is -0.159. The number of methoxy groups -OCH3 is 1. The molecule has 1 saturated carbocycles. The van der Waals surface area contributed by atoms with Crippen LogP contribution < -0.4 is 5.73 Å².